The van der Waals surface area contributed by atoms with Gasteiger partial charge in [-0.15, -0.1) is 0 Å². The molecule has 3 rings (SSSR count). The number of ether oxygens (including phenoxy) is 1. The zero-order valence-electron chi connectivity index (χ0n) is 13.4. The highest BCUT2D eigenvalue weighted by atomic mass is 31.2. The van der Waals surface area contributed by atoms with E-state index in [0.717, 1.165) is 6.33 Å². The van der Waals surface area contributed by atoms with Gasteiger partial charge in [0.05, 0.1) is 19.3 Å². The molecule has 3 heterocycles. The maximum atomic E-state index is 11.7. The predicted molar refractivity (Wildman–Crippen MR) is 86.8 cm³/mol. The summed E-state index contributed by atoms with van der Waals surface area (Å²) in [6.45, 7) is -0.719. The number of H-pyrrole nitrogens is 1. The van der Waals surface area contributed by atoms with Crippen LogP contribution >= 0.6 is 15.2 Å². The Kier molecular flexibility index (Phi) is 5.38. The van der Waals surface area contributed by atoms with E-state index in [9.17, 15) is 29.0 Å². The van der Waals surface area contributed by atoms with Crippen molar-refractivity contribution in [1.29, 1.82) is 0 Å². The molecule has 0 amide bonds. The zero-order chi connectivity index (χ0) is 20.0. The molecular weight excluding hydrogens is 410 g/mol. The van der Waals surface area contributed by atoms with Crippen molar-refractivity contribution in [2.75, 3.05) is 12.5 Å². The van der Waals surface area contributed by atoms with Crippen molar-refractivity contribution >= 4 is 26.4 Å². The first-order valence-electron chi connectivity index (χ1n) is 7.41. The van der Waals surface area contributed by atoms with E-state index in [0.29, 0.717) is 0 Å². The predicted octanol–water partition coefficient (Wildman–Crippen LogP) is -1.92. The van der Waals surface area contributed by atoms with Crippen LogP contribution in [0.25, 0.3) is 11.2 Å². The fraction of sp³-hybridized carbons (Fsp3) is 0.545. The van der Waals surface area contributed by atoms with Crippen LogP contribution in [0.5, 0.6) is 0 Å². The number of imidazole rings is 1. The number of nitrogens with zero attached hydrogens (tertiary/aromatic N) is 3. The molecule has 0 aromatic carbocycles. The highest BCUT2D eigenvalue weighted by Gasteiger charge is 2.45. The van der Waals surface area contributed by atoms with Crippen LogP contribution < -0.4 is 5.56 Å². The average Bonchev–Trinajstić information content (AvgIpc) is 3.07. The lowest BCUT2D eigenvalue weighted by Crippen LogP contribution is -2.33. The average molecular weight is 426 g/mol. The number of hydrogen-bond donors (Lipinski definition) is 6. The number of aromatic amines is 1. The fourth-order valence-electron chi connectivity index (χ4n) is 2.61. The van der Waals surface area contributed by atoms with Gasteiger partial charge in [-0.3, -0.25) is 18.5 Å². The molecule has 1 aliphatic rings. The molecule has 0 spiro atoms. The van der Waals surface area contributed by atoms with E-state index in [1.165, 1.54) is 10.9 Å². The molecule has 2 aromatic heterocycles. The van der Waals surface area contributed by atoms with Crippen LogP contribution in [-0.4, -0.2) is 75.2 Å². The van der Waals surface area contributed by atoms with Gasteiger partial charge in [0.2, 0.25) is 0 Å². The van der Waals surface area contributed by atoms with Crippen molar-refractivity contribution in [2.24, 2.45) is 0 Å². The highest BCUT2D eigenvalue weighted by Crippen LogP contribution is 2.55. The molecule has 2 aromatic rings. The molecule has 1 saturated heterocycles. The quantitative estimate of drug-likeness (QED) is 0.279. The second-order valence-corrected chi connectivity index (χ2v) is 9.84. The van der Waals surface area contributed by atoms with Gasteiger partial charge < -0.3 is 39.1 Å². The lowest BCUT2D eigenvalue weighted by Gasteiger charge is -2.18. The van der Waals surface area contributed by atoms with Crippen LogP contribution in [0.2, 0.25) is 0 Å². The Balaban J connectivity index is 1.76. The Hall–Kier alpha value is -1.47. The van der Waals surface area contributed by atoms with Gasteiger partial charge in [0.25, 0.3) is 5.56 Å². The van der Waals surface area contributed by atoms with Gasteiger partial charge in [-0.2, -0.15) is 0 Å². The van der Waals surface area contributed by atoms with Crippen LogP contribution in [0.1, 0.15) is 6.23 Å². The Morgan fingerprint density at radius 3 is 2.59 bits per heavy atom. The molecular formula is C11H16N4O10P2. The smallest absolute Gasteiger partial charge is 0.340 e. The molecule has 150 valence electrons. The van der Waals surface area contributed by atoms with Gasteiger partial charge in [-0.1, -0.05) is 0 Å². The molecule has 0 bridgehead atoms. The van der Waals surface area contributed by atoms with Crippen molar-refractivity contribution in [3.05, 3.63) is 23.0 Å². The maximum absolute atomic E-state index is 11.7. The highest BCUT2D eigenvalue weighted by molar-refractivity contribution is 7.70. The third-order valence-corrected chi connectivity index (χ3v) is 7.24. The number of aliphatic hydroxyl groups excluding tert-OH is 2. The number of rotatable bonds is 6. The minimum Gasteiger partial charge on any atom is -0.387 e. The van der Waals surface area contributed by atoms with Gasteiger partial charge in [-0.05, 0) is 0 Å². The Labute approximate surface area is 150 Å². The molecule has 0 aliphatic carbocycles. The fourth-order valence-corrected chi connectivity index (χ4v) is 5.18. The van der Waals surface area contributed by atoms with Crippen molar-refractivity contribution in [2.45, 2.75) is 24.5 Å². The largest absolute Gasteiger partial charge is 0.387 e. The molecule has 1 unspecified atom stereocenters. The molecule has 1 aliphatic heterocycles. The molecule has 0 saturated carbocycles. The molecule has 0 radical (unpaired) electrons. The zero-order valence-corrected chi connectivity index (χ0v) is 15.2. The second-order valence-electron chi connectivity index (χ2n) is 5.84. The third-order valence-electron chi connectivity index (χ3n) is 3.78. The minimum absolute atomic E-state index is 0.0241. The Morgan fingerprint density at radius 2 is 1.93 bits per heavy atom. The SMILES string of the molecule is O=c1[nH]cnc2c1ncn2[C@@H]1O[C@H](COP(=O)(O)CP(=O)(O)O)[C@@H](O)[C@H]1O. The van der Waals surface area contributed by atoms with Crippen molar-refractivity contribution in [3.63, 3.8) is 0 Å². The number of hydrogen-bond acceptors (Lipinski definition) is 9. The van der Waals surface area contributed by atoms with E-state index in [2.05, 4.69) is 19.5 Å². The minimum atomic E-state index is -4.80. The standard InChI is InChI=1S/C11H16N4O10P2/c16-7-5(1-24-27(22,23)4-26(19,20)21)25-11(8(7)17)15-3-14-6-9(15)12-2-13-10(6)18/h2-3,5,7-8,11,16-17H,1,4H2,(H,22,23)(H,12,13,18)(H2,19,20,21)/t5-,7-,8-,11-/m1/s1. The number of fused-ring (bicyclic) bond motifs is 1. The Bertz CT molecular complexity index is 985. The van der Waals surface area contributed by atoms with Crippen molar-refractivity contribution < 1.29 is 43.3 Å². The summed E-state index contributed by atoms with van der Waals surface area (Å²) in [5, 5.41) is 20.3. The monoisotopic (exact) mass is 426 g/mol. The number of aromatic nitrogens is 4. The summed E-state index contributed by atoms with van der Waals surface area (Å²) in [5.74, 6) is -1.40. The molecule has 16 heteroatoms. The van der Waals surface area contributed by atoms with Crippen LogP contribution in [0, 0.1) is 0 Å². The first-order valence-corrected chi connectivity index (χ1v) is 11.0. The third kappa shape index (κ3) is 4.35. The number of nitrogens with one attached hydrogen (secondary N) is 1. The second kappa shape index (κ2) is 7.17. The molecule has 1 fully saturated rings. The summed E-state index contributed by atoms with van der Waals surface area (Å²) in [6.07, 6.45) is -3.30. The van der Waals surface area contributed by atoms with E-state index in [1.807, 2.05) is 0 Å². The van der Waals surface area contributed by atoms with E-state index >= 15 is 0 Å². The van der Waals surface area contributed by atoms with E-state index in [4.69, 9.17) is 14.5 Å². The summed E-state index contributed by atoms with van der Waals surface area (Å²) >= 11 is 0. The van der Waals surface area contributed by atoms with Crippen LogP contribution in [0.15, 0.2) is 17.4 Å². The van der Waals surface area contributed by atoms with Gasteiger partial charge in [0.15, 0.2) is 23.3 Å². The lowest BCUT2D eigenvalue weighted by atomic mass is 10.1. The molecule has 6 N–H and O–H groups in total. The summed E-state index contributed by atoms with van der Waals surface area (Å²) in [6, 6.07) is 0. The molecule has 14 nitrogen and oxygen atoms in total. The van der Waals surface area contributed by atoms with Crippen LogP contribution in [0.4, 0.5) is 0 Å². The first-order chi connectivity index (χ1) is 12.5. The van der Waals surface area contributed by atoms with Crippen molar-refractivity contribution in [1.82, 2.24) is 19.5 Å². The van der Waals surface area contributed by atoms with Gasteiger partial charge in [-0.25, -0.2) is 9.97 Å². The summed E-state index contributed by atoms with van der Waals surface area (Å²) in [5.41, 5.74) is -0.472. The topological polar surface area (TPSA) is 217 Å². The van der Waals surface area contributed by atoms with Crippen molar-refractivity contribution in [3.8, 4) is 0 Å². The summed E-state index contributed by atoms with van der Waals surface area (Å²) < 4.78 is 33.7. The summed E-state index contributed by atoms with van der Waals surface area (Å²) in [4.78, 5) is 48.8. The summed E-state index contributed by atoms with van der Waals surface area (Å²) in [7, 11) is -9.45. The maximum Gasteiger partial charge on any atom is 0.340 e. The number of aliphatic hydroxyl groups is 2. The van der Waals surface area contributed by atoms with Gasteiger partial charge in [0.1, 0.15) is 18.3 Å². The molecule has 5 atom stereocenters. The molecule has 27 heavy (non-hydrogen) atoms. The lowest BCUT2D eigenvalue weighted by molar-refractivity contribution is -0.0483. The van der Waals surface area contributed by atoms with E-state index < -0.39 is 57.8 Å². The van der Waals surface area contributed by atoms with Crippen LogP contribution in [-0.2, 0) is 18.4 Å². The first kappa shape index (κ1) is 20.3. The normalized spacial score (nSPS) is 28.5. The van der Waals surface area contributed by atoms with Gasteiger partial charge in [0, 0.05) is 0 Å². The van der Waals surface area contributed by atoms with E-state index in [1.54, 1.807) is 0 Å². The van der Waals surface area contributed by atoms with E-state index in [-0.39, 0.29) is 11.2 Å². The van der Waals surface area contributed by atoms with Crippen LogP contribution in [0.3, 0.4) is 0 Å². The van der Waals surface area contributed by atoms with Gasteiger partial charge >= 0.3 is 15.2 Å². The Morgan fingerprint density at radius 1 is 1.22 bits per heavy atom.